The Morgan fingerprint density at radius 3 is 1.39 bits per heavy atom. The maximum atomic E-state index is 13.2. The van der Waals surface area contributed by atoms with Crippen molar-refractivity contribution in [1.29, 1.82) is 0 Å². The zero-order valence-electron chi connectivity index (χ0n) is 40.0. The molecule has 0 saturated heterocycles. The van der Waals surface area contributed by atoms with Crippen molar-refractivity contribution < 1.29 is 24.5 Å². The number of unbranched alkanes of at least 4 members (excludes halogenated alkanes) is 21. The van der Waals surface area contributed by atoms with Crippen LogP contribution in [0.2, 0.25) is 0 Å². The molecule has 0 saturated carbocycles. The molecule has 0 spiro atoms. The molecule has 1 amide bonds. The fraction of sp³-hybridized carbons (Fsp3) is 0.745. The maximum absolute atomic E-state index is 13.2. The molecule has 0 radical (unpaired) electrons. The fourth-order valence-electron chi connectivity index (χ4n) is 7.40. The smallest absolute Gasteiger partial charge is 0.306 e. The van der Waals surface area contributed by atoms with Crippen molar-refractivity contribution in [2.24, 2.45) is 0 Å². The van der Waals surface area contributed by atoms with Gasteiger partial charge in [0, 0.05) is 6.42 Å². The van der Waals surface area contributed by atoms with Crippen molar-refractivity contribution in [2.45, 2.75) is 257 Å². The molecule has 61 heavy (non-hydrogen) atoms. The number of allylic oxidation sites excluding steroid dienone is 12. The lowest BCUT2D eigenvalue weighted by atomic mass is 10.0. The second kappa shape index (κ2) is 48.3. The summed E-state index contributed by atoms with van der Waals surface area (Å²) in [5.74, 6) is -0.593. The van der Waals surface area contributed by atoms with Gasteiger partial charge in [0.1, 0.15) is 6.10 Å². The van der Waals surface area contributed by atoms with Gasteiger partial charge in [0.05, 0.1) is 25.2 Å². The van der Waals surface area contributed by atoms with E-state index in [2.05, 4.69) is 92.9 Å². The van der Waals surface area contributed by atoms with E-state index in [4.69, 9.17) is 4.74 Å². The van der Waals surface area contributed by atoms with Gasteiger partial charge in [-0.25, -0.2) is 0 Å². The van der Waals surface area contributed by atoms with Crippen molar-refractivity contribution in [3.63, 3.8) is 0 Å². The van der Waals surface area contributed by atoms with Gasteiger partial charge in [0.2, 0.25) is 5.91 Å². The highest BCUT2D eigenvalue weighted by atomic mass is 16.5. The molecule has 6 heteroatoms. The van der Waals surface area contributed by atoms with Gasteiger partial charge in [-0.3, -0.25) is 9.59 Å². The first-order valence-corrected chi connectivity index (χ1v) is 25.7. The number of carbonyl (C=O) groups is 2. The predicted octanol–water partition coefficient (Wildman–Crippen LogP) is 15.4. The summed E-state index contributed by atoms with van der Waals surface area (Å²) in [6, 6.07) is -0.722. The Balaban J connectivity index is 4.54. The average Bonchev–Trinajstić information content (AvgIpc) is 3.25. The molecule has 0 aromatic heterocycles. The Labute approximate surface area is 377 Å². The molecular formula is C55H97NO5. The maximum Gasteiger partial charge on any atom is 0.306 e. The predicted molar refractivity (Wildman–Crippen MR) is 264 cm³/mol. The molecule has 3 N–H and O–H groups in total. The molecule has 352 valence electrons. The fourth-order valence-corrected chi connectivity index (χ4v) is 7.40. The first-order valence-electron chi connectivity index (χ1n) is 25.7. The number of esters is 1. The van der Waals surface area contributed by atoms with Crippen LogP contribution < -0.4 is 5.32 Å². The van der Waals surface area contributed by atoms with E-state index in [1.165, 1.54) is 103 Å². The van der Waals surface area contributed by atoms with Gasteiger partial charge in [-0.15, -0.1) is 0 Å². The number of nitrogens with one attached hydrogen (secondary N) is 1. The summed E-state index contributed by atoms with van der Waals surface area (Å²) in [6.07, 6.45) is 61.2. The van der Waals surface area contributed by atoms with Crippen LogP contribution in [0.25, 0.3) is 0 Å². The van der Waals surface area contributed by atoms with Crippen molar-refractivity contribution in [2.75, 3.05) is 6.61 Å². The number of hydrogen-bond donors (Lipinski definition) is 3. The summed E-state index contributed by atoms with van der Waals surface area (Å²) in [6.45, 7) is 6.30. The van der Waals surface area contributed by atoms with Crippen molar-refractivity contribution in [1.82, 2.24) is 5.32 Å². The zero-order chi connectivity index (χ0) is 44.5. The second-order valence-electron chi connectivity index (χ2n) is 17.2. The standard InChI is InChI=1S/C55H97NO5/c1-4-7-10-13-16-19-21-23-25-27-28-30-32-35-38-41-44-47-53(58)52(50-57)56-54(59)49-51(46-43-40-37-34-18-15-12-9-6-3)61-55(60)48-45-42-39-36-33-31-29-26-24-22-20-17-14-11-8-5-2/h8,11,15,17-18,20,24,26,31,33,39,42,51-53,57-58H,4-7,9-10,12-14,16,19,21-23,25,27-30,32,34-38,40-41,43-50H2,1-3H3,(H,56,59)/b11-8+,18-15-,20-17+,26-24+,33-31+,42-39+. The van der Waals surface area contributed by atoms with Crippen LogP contribution in [0.15, 0.2) is 72.9 Å². The van der Waals surface area contributed by atoms with Gasteiger partial charge in [0.25, 0.3) is 0 Å². The van der Waals surface area contributed by atoms with E-state index >= 15 is 0 Å². The van der Waals surface area contributed by atoms with Crippen LogP contribution in [0.1, 0.15) is 239 Å². The molecule has 0 aliphatic heterocycles. The Kier molecular flexibility index (Phi) is 46.2. The van der Waals surface area contributed by atoms with E-state index in [-0.39, 0.29) is 31.3 Å². The highest BCUT2D eigenvalue weighted by Gasteiger charge is 2.24. The van der Waals surface area contributed by atoms with Crippen LogP contribution in [0, 0.1) is 0 Å². The molecular weight excluding hydrogens is 755 g/mol. The number of amides is 1. The minimum atomic E-state index is -0.805. The van der Waals surface area contributed by atoms with Gasteiger partial charge in [0.15, 0.2) is 0 Å². The summed E-state index contributed by atoms with van der Waals surface area (Å²) >= 11 is 0. The van der Waals surface area contributed by atoms with Crippen molar-refractivity contribution in [3.8, 4) is 0 Å². The van der Waals surface area contributed by atoms with E-state index < -0.39 is 18.2 Å². The zero-order valence-corrected chi connectivity index (χ0v) is 40.0. The first kappa shape index (κ1) is 58.3. The van der Waals surface area contributed by atoms with E-state index in [1.807, 2.05) is 6.08 Å². The van der Waals surface area contributed by atoms with Crippen LogP contribution in [0.4, 0.5) is 0 Å². The third kappa shape index (κ3) is 43.7. The molecule has 3 unspecified atom stereocenters. The number of ether oxygens (including phenoxy) is 1. The van der Waals surface area contributed by atoms with Crippen LogP contribution in [-0.2, 0) is 14.3 Å². The van der Waals surface area contributed by atoms with Gasteiger partial charge < -0.3 is 20.3 Å². The second-order valence-corrected chi connectivity index (χ2v) is 17.2. The molecule has 0 fully saturated rings. The summed E-state index contributed by atoms with van der Waals surface area (Å²) < 4.78 is 5.86. The van der Waals surface area contributed by atoms with Crippen LogP contribution in [0.5, 0.6) is 0 Å². The lowest BCUT2D eigenvalue weighted by Gasteiger charge is -2.24. The molecule has 0 aliphatic carbocycles. The molecule has 3 atom stereocenters. The van der Waals surface area contributed by atoms with E-state index in [0.29, 0.717) is 19.3 Å². The van der Waals surface area contributed by atoms with Crippen molar-refractivity contribution in [3.05, 3.63) is 72.9 Å². The summed E-state index contributed by atoms with van der Waals surface area (Å²) in [5, 5.41) is 23.7. The highest BCUT2D eigenvalue weighted by Crippen LogP contribution is 2.17. The SMILES string of the molecule is CC/C=C/C/C=C/C/C=C/C/C=C/C/C=C/CCC(=O)OC(CCCCC/C=C\CCCC)CC(=O)NC(CO)C(O)CCCCCCCCCCCCCCCCCCC. The molecule has 0 rings (SSSR count). The highest BCUT2D eigenvalue weighted by molar-refractivity contribution is 5.77. The number of aliphatic hydroxyl groups excluding tert-OH is 2. The van der Waals surface area contributed by atoms with Crippen LogP contribution >= 0.6 is 0 Å². The summed E-state index contributed by atoms with van der Waals surface area (Å²) in [7, 11) is 0. The lowest BCUT2D eigenvalue weighted by molar-refractivity contribution is -0.150. The minimum absolute atomic E-state index is 0.0344. The molecule has 0 aromatic carbocycles. The number of hydrogen-bond acceptors (Lipinski definition) is 5. The Hall–Kier alpha value is -2.70. The van der Waals surface area contributed by atoms with E-state index in [9.17, 15) is 19.8 Å². The Morgan fingerprint density at radius 2 is 0.902 bits per heavy atom. The van der Waals surface area contributed by atoms with E-state index in [1.54, 1.807) is 0 Å². The molecule has 6 nitrogen and oxygen atoms in total. The van der Waals surface area contributed by atoms with Gasteiger partial charge in [-0.2, -0.15) is 0 Å². The summed E-state index contributed by atoms with van der Waals surface area (Å²) in [5.41, 5.74) is 0. The topological polar surface area (TPSA) is 95.9 Å². The quantitative estimate of drug-likeness (QED) is 0.0322. The number of carbonyl (C=O) groups excluding carboxylic acids is 2. The van der Waals surface area contributed by atoms with Gasteiger partial charge in [-0.05, 0) is 77.0 Å². The van der Waals surface area contributed by atoms with E-state index in [0.717, 1.165) is 83.5 Å². The van der Waals surface area contributed by atoms with Crippen molar-refractivity contribution >= 4 is 11.9 Å². The monoisotopic (exact) mass is 852 g/mol. The number of aliphatic hydroxyl groups is 2. The minimum Gasteiger partial charge on any atom is -0.462 e. The normalized spacial score (nSPS) is 13.9. The average molecular weight is 852 g/mol. The first-order chi connectivity index (χ1) is 30.0. The van der Waals surface area contributed by atoms with Crippen LogP contribution in [0.3, 0.4) is 0 Å². The molecule has 0 bridgehead atoms. The van der Waals surface area contributed by atoms with Gasteiger partial charge >= 0.3 is 5.97 Å². The Morgan fingerprint density at radius 1 is 0.492 bits per heavy atom. The summed E-state index contributed by atoms with van der Waals surface area (Å²) in [4.78, 5) is 26.0. The Bertz CT molecular complexity index is 1140. The number of rotatable bonds is 45. The molecule has 0 aromatic rings. The lowest BCUT2D eigenvalue weighted by Crippen LogP contribution is -2.46. The molecule has 0 heterocycles. The van der Waals surface area contributed by atoms with Crippen LogP contribution in [-0.4, -0.2) is 46.9 Å². The largest absolute Gasteiger partial charge is 0.462 e. The third-order valence-electron chi connectivity index (χ3n) is 11.3. The molecule has 0 aliphatic rings. The van der Waals surface area contributed by atoms with Gasteiger partial charge in [-0.1, -0.05) is 222 Å². The third-order valence-corrected chi connectivity index (χ3v) is 11.3.